The summed E-state index contributed by atoms with van der Waals surface area (Å²) in [6, 6.07) is 3.76. The normalized spacial score (nSPS) is 25.9. The van der Waals surface area contributed by atoms with Gasteiger partial charge in [0.1, 0.15) is 0 Å². The van der Waals surface area contributed by atoms with Crippen LogP contribution in [0, 0.1) is 11.3 Å². The standard InChI is InChI=1S/C22H30F3N5O2/c1-12(2)30-17(19-13(3)21(19,4)11-29(5)15-9-31-10-15)7-16(28-30)14-6-18(20(26)27-8-14)32-22(23,24)25/h6-8,12-13,15,19H,9-11H2,1-5H3,(H2,26,27)/t13-,19+,21-/m0/s1. The molecule has 2 aromatic rings. The maximum absolute atomic E-state index is 12.7. The molecule has 0 bridgehead atoms. The van der Waals surface area contributed by atoms with Crippen molar-refractivity contribution in [3.8, 4) is 17.0 Å². The Morgan fingerprint density at radius 3 is 2.59 bits per heavy atom. The highest BCUT2D eigenvalue weighted by Crippen LogP contribution is 2.65. The van der Waals surface area contributed by atoms with Crippen LogP contribution in [0.1, 0.15) is 45.3 Å². The van der Waals surface area contributed by atoms with Gasteiger partial charge >= 0.3 is 6.36 Å². The number of aromatic nitrogens is 3. The third-order valence-corrected chi connectivity index (χ3v) is 6.95. The fourth-order valence-electron chi connectivity index (χ4n) is 4.77. The highest BCUT2D eigenvalue weighted by Gasteiger charge is 2.60. The molecule has 3 heterocycles. The number of alkyl halides is 3. The average Bonchev–Trinajstić information content (AvgIpc) is 2.98. The molecule has 176 valence electrons. The molecule has 1 aliphatic heterocycles. The number of nitrogens with two attached hydrogens (primary N) is 1. The summed E-state index contributed by atoms with van der Waals surface area (Å²) in [5.74, 6) is -0.102. The van der Waals surface area contributed by atoms with E-state index in [-0.39, 0.29) is 17.3 Å². The van der Waals surface area contributed by atoms with Crippen LogP contribution < -0.4 is 10.5 Å². The Hall–Kier alpha value is -2.33. The van der Waals surface area contributed by atoms with E-state index in [1.165, 1.54) is 12.3 Å². The molecule has 0 unspecified atom stereocenters. The maximum atomic E-state index is 12.7. The van der Waals surface area contributed by atoms with E-state index < -0.39 is 12.1 Å². The average molecular weight is 454 g/mol. The van der Waals surface area contributed by atoms with Gasteiger partial charge in [0.15, 0.2) is 11.6 Å². The Kier molecular flexibility index (Phi) is 5.65. The Labute approximate surface area is 185 Å². The summed E-state index contributed by atoms with van der Waals surface area (Å²) in [6.45, 7) is 11.1. The van der Waals surface area contributed by atoms with Crippen molar-refractivity contribution in [2.24, 2.45) is 11.3 Å². The summed E-state index contributed by atoms with van der Waals surface area (Å²) >= 11 is 0. The monoisotopic (exact) mass is 453 g/mol. The largest absolute Gasteiger partial charge is 0.573 e. The topological polar surface area (TPSA) is 78.4 Å². The van der Waals surface area contributed by atoms with Gasteiger partial charge in [-0.05, 0) is 44.4 Å². The lowest BCUT2D eigenvalue weighted by atomic mass is 10.0. The zero-order valence-corrected chi connectivity index (χ0v) is 19.0. The van der Waals surface area contributed by atoms with Crippen LogP contribution in [0.2, 0.25) is 0 Å². The second-order valence-corrected chi connectivity index (χ2v) is 9.53. The number of ether oxygens (including phenoxy) is 2. The Morgan fingerprint density at radius 1 is 1.34 bits per heavy atom. The zero-order chi connectivity index (χ0) is 23.4. The van der Waals surface area contributed by atoms with Gasteiger partial charge in [0.25, 0.3) is 0 Å². The molecule has 2 N–H and O–H groups in total. The SMILES string of the molecule is CC(C)n1nc(-c2cnc(N)c(OC(F)(F)F)c2)cc1[C@H]1[C@H](C)[C@]1(C)CN(C)C1COC1. The van der Waals surface area contributed by atoms with Crippen molar-refractivity contribution >= 4 is 5.82 Å². The first-order chi connectivity index (χ1) is 14.9. The van der Waals surface area contributed by atoms with Crippen molar-refractivity contribution in [1.29, 1.82) is 0 Å². The first-order valence-corrected chi connectivity index (χ1v) is 10.8. The van der Waals surface area contributed by atoms with Gasteiger partial charge in [-0.3, -0.25) is 9.58 Å². The van der Waals surface area contributed by atoms with Gasteiger partial charge in [0.05, 0.1) is 24.9 Å². The molecule has 7 nitrogen and oxygen atoms in total. The van der Waals surface area contributed by atoms with Crippen molar-refractivity contribution in [2.75, 3.05) is 32.5 Å². The predicted molar refractivity (Wildman–Crippen MR) is 114 cm³/mol. The molecule has 0 aromatic carbocycles. The van der Waals surface area contributed by atoms with Gasteiger partial charge in [-0.15, -0.1) is 13.2 Å². The molecular weight excluding hydrogens is 423 g/mol. The van der Waals surface area contributed by atoms with Gasteiger partial charge < -0.3 is 15.2 Å². The van der Waals surface area contributed by atoms with E-state index in [1.54, 1.807) is 0 Å². The Balaban J connectivity index is 1.63. The minimum Gasteiger partial charge on any atom is -0.402 e. The number of nitrogens with zero attached hydrogens (tertiary/aromatic N) is 4. The first-order valence-electron chi connectivity index (χ1n) is 10.8. The number of hydrogen-bond acceptors (Lipinski definition) is 6. The van der Waals surface area contributed by atoms with Gasteiger partial charge in [-0.25, -0.2) is 4.98 Å². The van der Waals surface area contributed by atoms with Crippen molar-refractivity contribution in [2.45, 2.75) is 52.1 Å². The maximum Gasteiger partial charge on any atom is 0.573 e. The van der Waals surface area contributed by atoms with Crippen molar-refractivity contribution in [1.82, 2.24) is 19.7 Å². The highest BCUT2D eigenvalue weighted by atomic mass is 19.4. The number of nitrogen functional groups attached to an aromatic ring is 1. The molecule has 32 heavy (non-hydrogen) atoms. The summed E-state index contributed by atoms with van der Waals surface area (Å²) in [4.78, 5) is 6.25. The number of halogens is 3. The molecule has 0 amide bonds. The lowest BCUT2D eigenvalue weighted by Gasteiger charge is -2.36. The van der Waals surface area contributed by atoms with Gasteiger partial charge in [0.2, 0.25) is 0 Å². The number of rotatable bonds is 7. The fraction of sp³-hybridized carbons (Fsp3) is 0.636. The molecule has 0 spiro atoms. The number of pyridine rings is 1. The second-order valence-electron chi connectivity index (χ2n) is 9.53. The van der Waals surface area contributed by atoms with Crippen molar-refractivity contribution < 1.29 is 22.6 Å². The molecule has 2 fully saturated rings. The Bertz CT molecular complexity index is 988. The van der Waals surface area contributed by atoms with Crippen LogP contribution in [0.5, 0.6) is 5.75 Å². The molecule has 3 atom stereocenters. The van der Waals surface area contributed by atoms with Gasteiger partial charge in [-0.2, -0.15) is 5.10 Å². The molecule has 10 heteroatoms. The van der Waals surface area contributed by atoms with E-state index in [0.717, 1.165) is 25.5 Å². The van der Waals surface area contributed by atoms with E-state index in [0.29, 0.717) is 29.1 Å². The molecular formula is C22H30F3N5O2. The Morgan fingerprint density at radius 2 is 2.03 bits per heavy atom. The molecule has 2 aliphatic rings. The van der Waals surface area contributed by atoms with Gasteiger partial charge in [0, 0.05) is 36.0 Å². The minimum atomic E-state index is -4.85. The van der Waals surface area contributed by atoms with Crippen LogP contribution in [-0.4, -0.2) is 58.9 Å². The zero-order valence-electron chi connectivity index (χ0n) is 19.0. The van der Waals surface area contributed by atoms with Crippen LogP contribution in [0.15, 0.2) is 18.3 Å². The summed E-state index contributed by atoms with van der Waals surface area (Å²) in [6.07, 6.45) is -3.42. The van der Waals surface area contributed by atoms with E-state index in [1.807, 2.05) is 24.6 Å². The van der Waals surface area contributed by atoms with Crippen LogP contribution in [0.3, 0.4) is 0 Å². The van der Waals surface area contributed by atoms with Crippen LogP contribution in [0.4, 0.5) is 19.0 Å². The van der Waals surface area contributed by atoms with E-state index in [9.17, 15) is 13.2 Å². The number of hydrogen-bond donors (Lipinski definition) is 1. The highest BCUT2D eigenvalue weighted by molar-refractivity contribution is 5.64. The smallest absolute Gasteiger partial charge is 0.402 e. The lowest BCUT2D eigenvalue weighted by molar-refractivity contribution is -0.274. The minimum absolute atomic E-state index is 0.0816. The van der Waals surface area contributed by atoms with Crippen molar-refractivity contribution in [3.05, 3.63) is 24.0 Å². The third-order valence-electron chi connectivity index (χ3n) is 6.95. The summed E-state index contributed by atoms with van der Waals surface area (Å²) < 4.78 is 49.5. The van der Waals surface area contributed by atoms with Crippen LogP contribution in [0.25, 0.3) is 11.3 Å². The third kappa shape index (κ3) is 4.17. The number of anilines is 1. The molecule has 1 saturated heterocycles. The summed E-state index contributed by atoms with van der Waals surface area (Å²) in [5.41, 5.74) is 7.72. The second kappa shape index (κ2) is 7.91. The molecule has 4 rings (SSSR count). The van der Waals surface area contributed by atoms with E-state index in [2.05, 4.69) is 35.5 Å². The van der Waals surface area contributed by atoms with Crippen molar-refractivity contribution in [3.63, 3.8) is 0 Å². The predicted octanol–water partition coefficient (Wildman–Crippen LogP) is 4.08. The lowest BCUT2D eigenvalue weighted by Crippen LogP contribution is -2.48. The summed E-state index contributed by atoms with van der Waals surface area (Å²) in [5, 5.41) is 4.72. The molecule has 2 aromatic heterocycles. The van der Waals surface area contributed by atoms with E-state index in [4.69, 9.17) is 15.6 Å². The molecule has 0 radical (unpaired) electrons. The van der Waals surface area contributed by atoms with Crippen LogP contribution >= 0.6 is 0 Å². The quantitative estimate of drug-likeness (QED) is 0.681. The fourth-order valence-corrected chi connectivity index (χ4v) is 4.77. The van der Waals surface area contributed by atoms with Gasteiger partial charge in [-0.1, -0.05) is 13.8 Å². The number of likely N-dealkylation sites (N-methyl/N-ethyl adjacent to an activating group) is 1. The summed E-state index contributed by atoms with van der Waals surface area (Å²) in [7, 11) is 2.13. The van der Waals surface area contributed by atoms with E-state index >= 15 is 0 Å². The first kappa shape index (κ1) is 22.8. The molecule has 1 saturated carbocycles. The molecule has 1 aliphatic carbocycles. The van der Waals surface area contributed by atoms with Crippen LogP contribution in [-0.2, 0) is 4.74 Å².